The monoisotopic (exact) mass is 518 g/mol. The van der Waals surface area contributed by atoms with Gasteiger partial charge >= 0.3 is 5.97 Å². The Labute approximate surface area is 220 Å². The highest BCUT2D eigenvalue weighted by molar-refractivity contribution is 5.69. The smallest absolute Gasteiger partial charge is 0.305 e. The largest absolute Gasteiger partial charge is 0.463 e. The summed E-state index contributed by atoms with van der Waals surface area (Å²) in [7, 11) is 0. The number of ether oxygens (including phenoxy) is 1. The number of aliphatic hydroxyl groups excluding tert-OH is 5. The van der Waals surface area contributed by atoms with Crippen molar-refractivity contribution in [2.75, 3.05) is 13.2 Å². The Kier molecular flexibility index (Phi) is 25.4. The van der Waals surface area contributed by atoms with Gasteiger partial charge in [-0.05, 0) is 6.42 Å². The highest BCUT2D eigenvalue weighted by atomic mass is 16.5. The number of esters is 1. The molecule has 0 fully saturated rings. The van der Waals surface area contributed by atoms with Crippen molar-refractivity contribution in [3.8, 4) is 0 Å². The van der Waals surface area contributed by atoms with Crippen LogP contribution in [0.3, 0.4) is 0 Å². The first-order chi connectivity index (χ1) is 17.4. The van der Waals surface area contributed by atoms with Crippen LogP contribution in [0.2, 0.25) is 0 Å². The van der Waals surface area contributed by atoms with Crippen molar-refractivity contribution in [1.82, 2.24) is 0 Å². The molecule has 0 amide bonds. The molecular formula is C29H58O7. The molecule has 4 atom stereocenters. The Morgan fingerprint density at radius 2 is 0.889 bits per heavy atom. The lowest BCUT2D eigenvalue weighted by molar-refractivity contribution is -0.156. The van der Waals surface area contributed by atoms with E-state index in [4.69, 9.17) is 9.84 Å². The van der Waals surface area contributed by atoms with Crippen molar-refractivity contribution in [1.29, 1.82) is 0 Å². The Morgan fingerprint density at radius 3 is 1.25 bits per heavy atom. The van der Waals surface area contributed by atoms with Gasteiger partial charge in [0.2, 0.25) is 0 Å². The lowest BCUT2D eigenvalue weighted by Crippen LogP contribution is -2.47. The zero-order chi connectivity index (χ0) is 26.9. The van der Waals surface area contributed by atoms with Gasteiger partial charge in [0, 0.05) is 6.42 Å². The standard InChI is InChI=1S/C29H58O7/c1-2-3-4-5-6-7-8-9-10-11-12-13-14-15-16-17-18-19-20-21-22-27(33)36-24-26(32)29(35)28(34)25(31)23-30/h25-26,28-32,34-35H,2-24H2,1H3/t25-,26-,28-,29-/m1/s1. The van der Waals surface area contributed by atoms with Crippen LogP contribution < -0.4 is 0 Å². The molecule has 0 unspecified atom stereocenters. The maximum atomic E-state index is 11.8. The topological polar surface area (TPSA) is 127 Å². The summed E-state index contributed by atoms with van der Waals surface area (Å²) >= 11 is 0. The summed E-state index contributed by atoms with van der Waals surface area (Å²) in [5.74, 6) is -0.458. The van der Waals surface area contributed by atoms with E-state index in [0.717, 1.165) is 19.3 Å². The molecule has 0 spiro atoms. The molecule has 7 heteroatoms. The zero-order valence-corrected chi connectivity index (χ0v) is 23.1. The maximum absolute atomic E-state index is 11.8. The predicted molar refractivity (Wildman–Crippen MR) is 145 cm³/mol. The molecule has 0 aliphatic carbocycles. The van der Waals surface area contributed by atoms with Gasteiger partial charge in [-0.2, -0.15) is 0 Å². The van der Waals surface area contributed by atoms with Crippen molar-refractivity contribution in [2.24, 2.45) is 0 Å². The number of hydrogen-bond donors (Lipinski definition) is 5. The minimum absolute atomic E-state index is 0.254. The highest BCUT2D eigenvalue weighted by Crippen LogP contribution is 2.15. The minimum atomic E-state index is -1.71. The Balaban J connectivity index is 3.36. The summed E-state index contributed by atoms with van der Waals surface area (Å²) in [5.41, 5.74) is 0. The van der Waals surface area contributed by atoms with Crippen LogP contribution >= 0.6 is 0 Å². The van der Waals surface area contributed by atoms with Crippen molar-refractivity contribution >= 4 is 5.97 Å². The van der Waals surface area contributed by atoms with Gasteiger partial charge in [0.05, 0.1) is 6.61 Å². The Hall–Kier alpha value is -0.730. The van der Waals surface area contributed by atoms with E-state index in [0.29, 0.717) is 0 Å². The van der Waals surface area contributed by atoms with Crippen molar-refractivity contribution < 1.29 is 35.1 Å². The minimum Gasteiger partial charge on any atom is -0.463 e. The van der Waals surface area contributed by atoms with E-state index in [-0.39, 0.29) is 6.42 Å². The van der Waals surface area contributed by atoms with Crippen LogP contribution in [0.1, 0.15) is 142 Å². The van der Waals surface area contributed by atoms with Gasteiger partial charge in [-0.25, -0.2) is 0 Å². The number of hydrogen-bond acceptors (Lipinski definition) is 7. The average Bonchev–Trinajstić information content (AvgIpc) is 2.89. The molecule has 5 N–H and O–H groups in total. The van der Waals surface area contributed by atoms with Crippen LogP contribution in [-0.2, 0) is 9.53 Å². The fraction of sp³-hybridized carbons (Fsp3) is 0.966. The normalized spacial score (nSPS) is 14.9. The first-order valence-electron chi connectivity index (χ1n) is 14.9. The molecule has 0 aromatic heterocycles. The molecule has 7 nitrogen and oxygen atoms in total. The summed E-state index contributed by atoms with van der Waals surface area (Å²) in [5, 5.41) is 47.0. The van der Waals surface area contributed by atoms with Gasteiger partial charge in [0.15, 0.2) is 0 Å². The van der Waals surface area contributed by atoms with Gasteiger partial charge in [0.25, 0.3) is 0 Å². The second-order valence-corrected chi connectivity index (χ2v) is 10.4. The quantitative estimate of drug-likeness (QED) is 0.0749. The number of rotatable bonds is 27. The Bertz CT molecular complexity index is 475. The number of carbonyl (C=O) groups is 1. The number of carbonyl (C=O) groups excluding carboxylic acids is 1. The molecule has 36 heavy (non-hydrogen) atoms. The number of aliphatic hydroxyl groups is 5. The van der Waals surface area contributed by atoms with Crippen LogP contribution in [0.25, 0.3) is 0 Å². The maximum Gasteiger partial charge on any atom is 0.305 e. The van der Waals surface area contributed by atoms with Crippen LogP contribution in [-0.4, -0.2) is 69.1 Å². The van der Waals surface area contributed by atoms with Gasteiger partial charge in [-0.15, -0.1) is 0 Å². The van der Waals surface area contributed by atoms with Crippen molar-refractivity contribution in [2.45, 2.75) is 166 Å². The van der Waals surface area contributed by atoms with Crippen LogP contribution in [0.4, 0.5) is 0 Å². The summed E-state index contributed by atoms with van der Waals surface area (Å²) in [6.07, 6.45) is 19.7. The second kappa shape index (κ2) is 25.9. The molecular weight excluding hydrogens is 460 g/mol. The third-order valence-electron chi connectivity index (χ3n) is 6.97. The van der Waals surface area contributed by atoms with Gasteiger partial charge in [-0.3, -0.25) is 4.79 Å². The Morgan fingerprint density at radius 1 is 0.556 bits per heavy atom. The molecule has 0 rings (SSSR count). The summed E-state index contributed by atoms with van der Waals surface area (Å²) in [4.78, 5) is 11.8. The lowest BCUT2D eigenvalue weighted by atomic mass is 10.0. The SMILES string of the molecule is CCCCCCCCCCCCCCCCCCCCCCC(=O)OC[C@@H](O)[C@@H](O)[C@H](O)[C@H](O)CO. The zero-order valence-electron chi connectivity index (χ0n) is 23.1. The molecule has 0 aromatic carbocycles. The van der Waals surface area contributed by atoms with Crippen LogP contribution in [0.15, 0.2) is 0 Å². The van der Waals surface area contributed by atoms with Gasteiger partial charge in [-0.1, -0.05) is 129 Å². The third kappa shape index (κ3) is 21.4. The molecule has 0 radical (unpaired) electrons. The molecule has 0 aliphatic rings. The lowest BCUT2D eigenvalue weighted by Gasteiger charge is -2.25. The molecule has 0 bridgehead atoms. The van der Waals surface area contributed by atoms with E-state index in [1.165, 1.54) is 109 Å². The molecule has 0 aliphatic heterocycles. The second-order valence-electron chi connectivity index (χ2n) is 10.4. The first kappa shape index (κ1) is 35.3. The third-order valence-corrected chi connectivity index (χ3v) is 6.97. The van der Waals surface area contributed by atoms with E-state index in [1.54, 1.807) is 0 Å². The molecule has 216 valence electrons. The van der Waals surface area contributed by atoms with Crippen LogP contribution in [0.5, 0.6) is 0 Å². The van der Waals surface area contributed by atoms with E-state index in [9.17, 15) is 25.2 Å². The fourth-order valence-corrected chi connectivity index (χ4v) is 4.44. The predicted octanol–water partition coefficient (Wildman–Crippen LogP) is 5.18. The fourth-order valence-electron chi connectivity index (χ4n) is 4.44. The van der Waals surface area contributed by atoms with Crippen molar-refractivity contribution in [3.63, 3.8) is 0 Å². The molecule has 0 saturated heterocycles. The number of unbranched alkanes of at least 4 members (excludes halogenated alkanes) is 19. The van der Waals surface area contributed by atoms with Crippen LogP contribution in [0, 0.1) is 0 Å². The summed E-state index contributed by atoms with van der Waals surface area (Å²) in [6.45, 7) is 1.06. The molecule has 0 aromatic rings. The van der Waals surface area contributed by atoms with E-state index >= 15 is 0 Å². The summed E-state index contributed by atoms with van der Waals surface area (Å²) < 4.78 is 4.92. The van der Waals surface area contributed by atoms with E-state index in [1.807, 2.05) is 0 Å². The van der Waals surface area contributed by atoms with Crippen molar-refractivity contribution in [3.05, 3.63) is 0 Å². The van der Waals surface area contributed by atoms with E-state index < -0.39 is 43.6 Å². The van der Waals surface area contributed by atoms with Gasteiger partial charge < -0.3 is 30.3 Å². The molecule has 0 heterocycles. The van der Waals surface area contributed by atoms with E-state index in [2.05, 4.69) is 6.92 Å². The average molecular weight is 519 g/mol. The first-order valence-corrected chi connectivity index (χ1v) is 14.9. The highest BCUT2D eigenvalue weighted by Gasteiger charge is 2.30. The van der Waals surface area contributed by atoms with Gasteiger partial charge in [0.1, 0.15) is 31.0 Å². The summed E-state index contributed by atoms with van der Waals surface area (Å²) in [6, 6.07) is 0. The molecule has 0 saturated carbocycles.